The van der Waals surface area contributed by atoms with Gasteiger partial charge in [-0.1, -0.05) is 41.4 Å². The van der Waals surface area contributed by atoms with Gasteiger partial charge in [0.15, 0.2) is 0 Å². The minimum absolute atomic E-state index is 0.0624. The van der Waals surface area contributed by atoms with Crippen molar-refractivity contribution in [3.8, 4) is 11.6 Å². The van der Waals surface area contributed by atoms with E-state index in [1.165, 1.54) is 18.2 Å². The predicted molar refractivity (Wildman–Crippen MR) is 101 cm³/mol. The lowest BCUT2D eigenvalue weighted by atomic mass is 10.2. The predicted octanol–water partition coefficient (Wildman–Crippen LogP) is 4.66. The van der Waals surface area contributed by atoms with Gasteiger partial charge in [0.25, 0.3) is 0 Å². The maximum Gasteiger partial charge on any atom is 0.242 e. The molecule has 5 nitrogen and oxygen atoms in total. The first-order chi connectivity index (χ1) is 12.4. The van der Waals surface area contributed by atoms with Crippen molar-refractivity contribution < 1.29 is 13.2 Å². The Kier molecular flexibility index (Phi) is 5.78. The number of nitrogens with zero attached hydrogens (tertiary/aromatic N) is 1. The van der Waals surface area contributed by atoms with E-state index in [9.17, 15) is 8.42 Å². The van der Waals surface area contributed by atoms with Gasteiger partial charge in [0, 0.05) is 23.8 Å². The van der Waals surface area contributed by atoms with Crippen LogP contribution in [-0.4, -0.2) is 13.4 Å². The van der Waals surface area contributed by atoms with E-state index in [4.69, 9.17) is 27.9 Å². The number of aromatic nitrogens is 1. The summed E-state index contributed by atoms with van der Waals surface area (Å²) in [6.07, 6.45) is 1.63. The fraction of sp³-hybridized carbons (Fsp3) is 0.0556. The van der Waals surface area contributed by atoms with Crippen molar-refractivity contribution in [2.45, 2.75) is 11.4 Å². The fourth-order valence-corrected chi connectivity index (χ4v) is 3.96. The van der Waals surface area contributed by atoms with E-state index < -0.39 is 10.0 Å². The number of pyridine rings is 1. The number of sulfonamides is 1. The molecule has 0 aliphatic heterocycles. The van der Waals surface area contributed by atoms with E-state index in [-0.39, 0.29) is 16.5 Å². The molecule has 0 radical (unpaired) electrons. The monoisotopic (exact) mass is 408 g/mol. The zero-order valence-electron chi connectivity index (χ0n) is 13.4. The quantitative estimate of drug-likeness (QED) is 0.643. The molecule has 1 heterocycles. The molecule has 0 bridgehead atoms. The van der Waals surface area contributed by atoms with Crippen molar-refractivity contribution in [3.63, 3.8) is 0 Å². The number of hydrogen-bond acceptors (Lipinski definition) is 4. The molecule has 0 aliphatic carbocycles. The lowest BCUT2D eigenvalue weighted by Gasteiger charge is -2.10. The van der Waals surface area contributed by atoms with Crippen LogP contribution >= 0.6 is 23.2 Å². The van der Waals surface area contributed by atoms with Gasteiger partial charge in [-0.05, 0) is 42.0 Å². The van der Waals surface area contributed by atoms with E-state index in [2.05, 4.69) is 9.71 Å². The summed E-state index contributed by atoms with van der Waals surface area (Å²) in [5.41, 5.74) is 0.722. The highest BCUT2D eigenvalue weighted by Crippen LogP contribution is 2.25. The van der Waals surface area contributed by atoms with E-state index in [1.807, 2.05) is 6.07 Å². The Hall–Kier alpha value is -2.12. The molecule has 1 N–H and O–H groups in total. The van der Waals surface area contributed by atoms with Crippen LogP contribution in [0.5, 0.6) is 11.6 Å². The highest BCUT2D eigenvalue weighted by atomic mass is 35.5. The van der Waals surface area contributed by atoms with Gasteiger partial charge >= 0.3 is 0 Å². The van der Waals surface area contributed by atoms with E-state index in [0.29, 0.717) is 16.7 Å². The second-order valence-corrected chi connectivity index (χ2v) is 7.90. The van der Waals surface area contributed by atoms with Crippen LogP contribution in [0.15, 0.2) is 71.8 Å². The lowest BCUT2D eigenvalue weighted by molar-refractivity contribution is 0.462. The summed E-state index contributed by atoms with van der Waals surface area (Å²) in [6.45, 7) is 0.0740. The SMILES string of the molecule is O=S(=O)(NCc1cccc(Oc2ccccn2)c1)c1cc(Cl)ccc1Cl. The number of benzene rings is 2. The minimum atomic E-state index is -3.80. The van der Waals surface area contributed by atoms with Crippen molar-refractivity contribution in [3.05, 3.63) is 82.5 Å². The van der Waals surface area contributed by atoms with E-state index in [0.717, 1.165) is 5.56 Å². The third-order valence-electron chi connectivity index (χ3n) is 3.41. The van der Waals surface area contributed by atoms with Gasteiger partial charge in [0.05, 0.1) is 5.02 Å². The normalized spacial score (nSPS) is 11.3. The first-order valence-corrected chi connectivity index (χ1v) is 9.80. The second-order valence-electron chi connectivity index (χ2n) is 5.32. The van der Waals surface area contributed by atoms with Crippen molar-refractivity contribution in [1.29, 1.82) is 0 Å². The Morgan fingerprint density at radius 2 is 1.85 bits per heavy atom. The molecule has 0 unspecified atom stereocenters. The van der Waals surface area contributed by atoms with Crippen LogP contribution in [-0.2, 0) is 16.6 Å². The first kappa shape index (κ1) is 18.7. The van der Waals surface area contributed by atoms with Crippen LogP contribution in [0.4, 0.5) is 0 Å². The maximum absolute atomic E-state index is 12.5. The molecule has 2 aromatic carbocycles. The topological polar surface area (TPSA) is 68.3 Å². The fourth-order valence-electron chi connectivity index (χ4n) is 2.19. The molecular formula is C18H14Cl2N2O3S. The number of rotatable bonds is 6. The average Bonchev–Trinajstić information content (AvgIpc) is 2.63. The van der Waals surface area contributed by atoms with Crippen LogP contribution in [0, 0.1) is 0 Å². The Morgan fingerprint density at radius 3 is 2.62 bits per heavy atom. The molecule has 0 atom stereocenters. The molecule has 0 saturated carbocycles. The molecule has 134 valence electrons. The average molecular weight is 409 g/mol. The standard InChI is InChI=1S/C18H14Cl2N2O3S/c19-14-7-8-16(20)17(11-14)26(23,24)22-12-13-4-3-5-15(10-13)25-18-6-1-2-9-21-18/h1-11,22H,12H2. The Bertz CT molecular complexity index is 1010. The van der Waals surface area contributed by atoms with Crippen LogP contribution in [0.3, 0.4) is 0 Å². The van der Waals surface area contributed by atoms with Crippen molar-refractivity contribution in [2.75, 3.05) is 0 Å². The van der Waals surface area contributed by atoms with Gasteiger partial charge in [-0.25, -0.2) is 18.1 Å². The highest BCUT2D eigenvalue weighted by Gasteiger charge is 2.18. The lowest BCUT2D eigenvalue weighted by Crippen LogP contribution is -2.23. The Morgan fingerprint density at radius 1 is 1.00 bits per heavy atom. The summed E-state index contributed by atoms with van der Waals surface area (Å²) in [6, 6.07) is 16.7. The zero-order chi connectivity index (χ0) is 18.6. The summed E-state index contributed by atoms with van der Waals surface area (Å²) < 4.78 is 33.1. The number of halogens is 2. The molecule has 8 heteroatoms. The summed E-state index contributed by atoms with van der Waals surface area (Å²) in [7, 11) is -3.80. The number of nitrogens with one attached hydrogen (secondary N) is 1. The molecular weight excluding hydrogens is 395 g/mol. The zero-order valence-corrected chi connectivity index (χ0v) is 15.7. The van der Waals surface area contributed by atoms with Crippen LogP contribution in [0.1, 0.15) is 5.56 Å². The molecule has 0 fully saturated rings. The minimum Gasteiger partial charge on any atom is -0.439 e. The van der Waals surface area contributed by atoms with Crippen molar-refractivity contribution >= 4 is 33.2 Å². The first-order valence-electron chi connectivity index (χ1n) is 7.56. The van der Waals surface area contributed by atoms with Gasteiger partial charge in [-0.15, -0.1) is 0 Å². The third kappa shape index (κ3) is 4.74. The summed E-state index contributed by atoms with van der Waals surface area (Å²) in [5, 5.41) is 0.398. The number of ether oxygens (including phenoxy) is 1. The Balaban J connectivity index is 1.73. The van der Waals surface area contributed by atoms with E-state index in [1.54, 1.807) is 42.6 Å². The number of hydrogen-bond donors (Lipinski definition) is 1. The van der Waals surface area contributed by atoms with Crippen LogP contribution < -0.4 is 9.46 Å². The molecule has 1 aromatic heterocycles. The van der Waals surface area contributed by atoms with Crippen molar-refractivity contribution in [1.82, 2.24) is 9.71 Å². The van der Waals surface area contributed by atoms with Gasteiger partial charge in [0.1, 0.15) is 10.6 Å². The third-order valence-corrected chi connectivity index (χ3v) is 5.53. The summed E-state index contributed by atoms with van der Waals surface area (Å²) >= 11 is 11.8. The molecule has 3 rings (SSSR count). The van der Waals surface area contributed by atoms with Crippen LogP contribution in [0.2, 0.25) is 10.0 Å². The molecule has 0 aliphatic rings. The molecule has 0 amide bonds. The largest absolute Gasteiger partial charge is 0.439 e. The smallest absolute Gasteiger partial charge is 0.242 e. The van der Waals surface area contributed by atoms with Crippen molar-refractivity contribution in [2.24, 2.45) is 0 Å². The summed E-state index contributed by atoms with van der Waals surface area (Å²) in [5.74, 6) is 1.01. The molecule has 26 heavy (non-hydrogen) atoms. The van der Waals surface area contributed by atoms with Gasteiger partial charge in [-0.2, -0.15) is 0 Å². The highest BCUT2D eigenvalue weighted by molar-refractivity contribution is 7.89. The second kappa shape index (κ2) is 8.05. The van der Waals surface area contributed by atoms with Crippen LogP contribution in [0.25, 0.3) is 0 Å². The van der Waals surface area contributed by atoms with Gasteiger partial charge in [0.2, 0.25) is 15.9 Å². The summed E-state index contributed by atoms with van der Waals surface area (Å²) in [4.78, 5) is 4.02. The molecule has 0 saturated heterocycles. The van der Waals surface area contributed by atoms with Gasteiger partial charge in [-0.3, -0.25) is 0 Å². The van der Waals surface area contributed by atoms with E-state index >= 15 is 0 Å². The molecule has 0 spiro atoms. The maximum atomic E-state index is 12.5. The Labute approximate surface area is 161 Å². The molecule has 3 aromatic rings. The van der Waals surface area contributed by atoms with Gasteiger partial charge < -0.3 is 4.74 Å².